The molecule has 0 radical (unpaired) electrons. The molecule has 1 aromatic rings. The van der Waals surface area contributed by atoms with Gasteiger partial charge >= 0.3 is 0 Å². The van der Waals surface area contributed by atoms with Crippen molar-refractivity contribution in [2.75, 3.05) is 0 Å². The third-order valence-corrected chi connectivity index (χ3v) is 5.53. The Bertz CT molecular complexity index is 277. The van der Waals surface area contributed by atoms with Crippen LogP contribution in [0.2, 0.25) is 0 Å². The van der Waals surface area contributed by atoms with Gasteiger partial charge in [0.25, 0.3) is 0 Å². The Kier molecular flexibility index (Phi) is 3.81. The van der Waals surface area contributed by atoms with Gasteiger partial charge in [-0.15, -0.1) is 17.9 Å². The predicted octanol–water partition coefficient (Wildman–Crippen LogP) is 4.76. The standard InChI is InChI=1S/C7H5Br3S/c1-2-3-4-5(8)7(10)11-6(4)9/h2H,1,3H2. The predicted molar refractivity (Wildman–Crippen MR) is 61.3 cm³/mol. The monoisotopic (exact) mass is 358 g/mol. The zero-order valence-corrected chi connectivity index (χ0v) is 11.1. The summed E-state index contributed by atoms with van der Waals surface area (Å²) < 4.78 is 3.42. The van der Waals surface area contributed by atoms with Crippen LogP contribution in [0.25, 0.3) is 0 Å². The first kappa shape index (κ1) is 9.96. The van der Waals surface area contributed by atoms with Crippen molar-refractivity contribution >= 4 is 59.1 Å². The number of rotatable bonds is 2. The molecule has 0 aliphatic heterocycles. The lowest BCUT2D eigenvalue weighted by molar-refractivity contribution is 1.27. The summed E-state index contributed by atoms with van der Waals surface area (Å²) in [5.74, 6) is 0. The van der Waals surface area contributed by atoms with E-state index in [1.165, 1.54) is 5.56 Å². The van der Waals surface area contributed by atoms with Crippen molar-refractivity contribution in [2.24, 2.45) is 0 Å². The molecule has 0 aliphatic carbocycles. The molecule has 1 rings (SSSR count). The molecule has 0 fully saturated rings. The Morgan fingerprint density at radius 1 is 1.27 bits per heavy atom. The van der Waals surface area contributed by atoms with Crippen molar-refractivity contribution in [1.29, 1.82) is 0 Å². The molecule has 1 aromatic heterocycles. The first-order chi connectivity index (χ1) is 5.16. The lowest BCUT2D eigenvalue weighted by Gasteiger charge is -1.92. The van der Waals surface area contributed by atoms with Gasteiger partial charge in [0.2, 0.25) is 0 Å². The van der Waals surface area contributed by atoms with Gasteiger partial charge in [-0.25, -0.2) is 0 Å². The lowest BCUT2D eigenvalue weighted by Crippen LogP contribution is -1.77. The maximum Gasteiger partial charge on any atom is 0.0855 e. The Labute approximate surface area is 95.1 Å². The molecule has 0 spiro atoms. The molecular weight excluding hydrogens is 356 g/mol. The van der Waals surface area contributed by atoms with Gasteiger partial charge in [-0.1, -0.05) is 6.08 Å². The summed E-state index contributed by atoms with van der Waals surface area (Å²) in [4.78, 5) is 0. The molecule has 11 heavy (non-hydrogen) atoms. The molecular formula is C7H5Br3S. The zero-order chi connectivity index (χ0) is 8.43. The van der Waals surface area contributed by atoms with Gasteiger partial charge in [-0.3, -0.25) is 0 Å². The second kappa shape index (κ2) is 4.21. The Hall–Kier alpha value is 0.880. The van der Waals surface area contributed by atoms with E-state index < -0.39 is 0 Å². The van der Waals surface area contributed by atoms with E-state index in [1.54, 1.807) is 11.3 Å². The smallest absolute Gasteiger partial charge is 0.0855 e. The molecule has 0 N–H and O–H groups in total. The van der Waals surface area contributed by atoms with Crippen molar-refractivity contribution in [3.8, 4) is 0 Å². The highest BCUT2D eigenvalue weighted by Gasteiger charge is 2.10. The second-order valence-corrected chi connectivity index (χ2v) is 6.38. The summed E-state index contributed by atoms with van der Waals surface area (Å²) in [7, 11) is 0. The number of allylic oxidation sites excluding steroid dienone is 1. The van der Waals surface area contributed by atoms with Gasteiger partial charge in [0.15, 0.2) is 0 Å². The van der Waals surface area contributed by atoms with Crippen LogP contribution in [0.4, 0.5) is 0 Å². The van der Waals surface area contributed by atoms with E-state index in [0.29, 0.717) is 0 Å². The molecule has 0 aliphatic rings. The minimum Gasteiger partial charge on any atom is -0.120 e. The number of thiophene rings is 1. The fraction of sp³-hybridized carbons (Fsp3) is 0.143. The van der Waals surface area contributed by atoms with Gasteiger partial charge in [-0.2, -0.15) is 0 Å². The summed E-state index contributed by atoms with van der Waals surface area (Å²) in [5.41, 5.74) is 1.26. The zero-order valence-electron chi connectivity index (χ0n) is 5.53. The maximum absolute atomic E-state index is 3.70. The maximum atomic E-state index is 3.70. The highest BCUT2D eigenvalue weighted by molar-refractivity contribution is 9.14. The highest BCUT2D eigenvalue weighted by atomic mass is 79.9. The van der Waals surface area contributed by atoms with Crippen molar-refractivity contribution in [2.45, 2.75) is 6.42 Å². The molecule has 0 aromatic carbocycles. The van der Waals surface area contributed by atoms with Gasteiger partial charge in [0, 0.05) is 4.47 Å². The molecule has 1 heterocycles. The van der Waals surface area contributed by atoms with E-state index in [1.807, 2.05) is 6.08 Å². The summed E-state index contributed by atoms with van der Waals surface area (Å²) in [6, 6.07) is 0. The fourth-order valence-electron chi connectivity index (χ4n) is 0.704. The summed E-state index contributed by atoms with van der Waals surface area (Å²) in [5, 5.41) is 0. The number of halogens is 3. The number of hydrogen-bond acceptors (Lipinski definition) is 1. The highest BCUT2D eigenvalue weighted by Crippen LogP contribution is 2.40. The molecule has 0 saturated heterocycles. The average molecular weight is 361 g/mol. The van der Waals surface area contributed by atoms with Gasteiger partial charge in [0.05, 0.1) is 7.57 Å². The van der Waals surface area contributed by atoms with Crippen molar-refractivity contribution in [3.05, 3.63) is 30.3 Å². The number of hydrogen-bond donors (Lipinski definition) is 0. The lowest BCUT2D eigenvalue weighted by atomic mass is 10.2. The first-order valence-electron chi connectivity index (χ1n) is 2.90. The van der Waals surface area contributed by atoms with E-state index >= 15 is 0 Å². The van der Waals surface area contributed by atoms with Crippen LogP contribution >= 0.6 is 59.1 Å². The van der Waals surface area contributed by atoms with Crippen LogP contribution in [-0.2, 0) is 6.42 Å². The third-order valence-electron chi connectivity index (χ3n) is 1.20. The topological polar surface area (TPSA) is 0 Å². The quantitative estimate of drug-likeness (QED) is 0.667. The summed E-state index contributed by atoms with van der Waals surface area (Å²) in [6.45, 7) is 3.70. The molecule has 60 valence electrons. The molecule has 0 atom stereocenters. The average Bonchev–Trinajstić information content (AvgIpc) is 2.17. The van der Waals surface area contributed by atoms with Crippen LogP contribution in [0, 0.1) is 0 Å². The SMILES string of the molecule is C=CCc1c(Br)sc(Br)c1Br. The van der Waals surface area contributed by atoms with Crippen LogP contribution in [0.3, 0.4) is 0 Å². The Balaban J connectivity index is 3.11. The molecule has 0 nitrogen and oxygen atoms in total. The molecule has 4 heteroatoms. The summed E-state index contributed by atoms with van der Waals surface area (Å²) >= 11 is 12.1. The van der Waals surface area contributed by atoms with Crippen molar-refractivity contribution in [3.63, 3.8) is 0 Å². The minimum absolute atomic E-state index is 0.892. The van der Waals surface area contributed by atoms with Crippen LogP contribution < -0.4 is 0 Å². The largest absolute Gasteiger partial charge is 0.120 e. The molecule has 0 bridgehead atoms. The van der Waals surface area contributed by atoms with Crippen LogP contribution in [0.15, 0.2) is 24.7 Å². The van der Waals surface area contributed by atoms with E-state index in [9.17, 15) is 0 Å². The van der Waals surface area contributed by atoms with Crippen molar-refractivity contribution in [1.82, 2.24) is 0 Å². The first-order valence-corrected chi connectivity index (χ1v) is 6.09. The van der Waals surface area contributed by atoms with Crippen molar-refractivity contribution < 1.29 is 0 Å². The normalized spacial score (nSPS) is 10.1. The Morgan fingerprint density at radius 2 is 1.91 bits per heavy atom. The van der Waals surface area contributed by atoms with Crippen LogP contribution in [-0.4, -0.2) is 0 Å². The summed E-state index contributed by atoms with van der Waals surface area (Å²) in [6.07, 6.45) is 2.78. The van der Waals surface area contributed by atoms with Crippen LogP contribution in [0.1, 0.15) is 5.56 Å². The van der Waals surface area contributed by atoms with Gasteiger partial charge in [-0.05, 0) is 59.8 Å². The van der Waals surface area contributed by atoms with E-state index in [2.05, 4.69) is 54.4 Å². The molecule has 0 amide bonds. The van der Waals surface area contributed by atoms with Gasteiger partial charge in [0.1, 0.15) is 0 Å². The fourth-order valence-corrected chi connectivity index (χ4v) is 4.61. The molecule has 0 saturated carbocycles. The van der Waals surface area contributed by atoms with E-state index in [-0.39, 0.29) is 0 Å². The van der Waals surface area contributed by atoms with E-state index in [4.69, 9.17) is 0 Å². The van der Waals surface area contributed by atoms with Crippen LogP contribution in [0.5, 0.6) is 0 Å². The minimum atomic E-state index is 0.892. The molecule has 0 unspecified atom stereocenters. The Morgan fingerprint density at radius 3 is 2.27 bits per heavy atom. The van der Waals surface area contributed by atoms with Gasteiger partial charge < -0.3 is 0 Å². The van der Waals surface area contributed by atoms with E-state index in [0.717, 1.165) is 18.5 Å². The third kappa shape index (κ3) is 2.17. The second-order valence-electron chi connectivity index (χ2n) is 1.93.